The summed E-state index contributed by atoms with van der Waals surface area (Å²) in [7, 11) is -2.62. The minimum atomic E-state index is -2.62. The van der Waals surface area contributed by atoms with Crippen LogP contribution in [0.2, 0.25) is 0 Å². The second-order valence-electron chi connectivity index (χ2n) is 4.25. The van der Waals surface area contributed by atoms with Crippen LogP contribution < -0.4 is 0 Å². The van der Waals surface area contributed by atoms with Gasteiger partial charge in [0.2, 0.25) is 8.38 Å². The summed E-state index contributed by atoms with van der Waals surface area (Å²) in [5.74, 6) is -0.993. The molecule has 0 heterocycles. The molecule has 0 amide bonds. The van der Waals surface area contributed by atoms with E-state index in [1.54, 1.807) is 23.9 Å². The van der Waals surface area contributed by atoms with E-state index in [9.17, 15) is 4.39 Å². The molecule has 2 rings (SSSR count). The first-order valence-corrected chi connectivity index (χ1v) is 9.84. The van der Waals surface area contributed by atoms with Crippen molar-refractivity contribution in [2.75, 3.05) is 0 Å². The molecule has 2 N–H and O–H groups in total. The molecule has 0 spiro atoms. The van der Waals surface area contributed by atoms with Crippen molar-refractivity contribution in [2.24, 2.45) is 0 Å². The molecule has 0 saturated carbocycles. The average molecular weight is 454 g/mol. The smallest absolute Gasteiger partial charge is 0.206 e. The molecule has 0 aliphatic rings. The minimum absolute atomic E-state index is 0.267. The summed E-state index contributed by atoms with van der Waals surface area (Å²) >= 11 is 8.36. The van der Waals surface area contributed by atoms with Gasteiger partial charge >= 0.3 is 0 Å². The summed E-state index contributed by atoms with van der Waals surface area (Å²) in [6.45, 7) is 0. The molecule has 21 heavy (non-hydrogen) atoms. The number of hydrogen-bond acceptors (Lipinski definition) is 3. The van der Waals surface area contributed by atoms with Crippen molar-refractivity contribution in [1.29, 1.82) is 0 Å². The number of thioether (sulfide) groups is 1. The van der Waals surface area contributed by atoms with Crippen LogP contribution in [-0.2, 0) is 5.75 Å². The lowest BCUT2D eigenvalue weighted by atomic mass is 10.2. The van der Waals surface area contributed by atoms with Crippen molar-refractivity contribution in [3.8, 4) is 0 Å². The second kappa shape index (κ2) is 8.04. The number of benzene rings is 2. The first-order valence-electron chi connectivity index (χ1n) is 5.95. The molecule has 1 unspecified atom stereocenters. The topological polar surface area (TPSA) is 40.5 Å². The van der Waals surface area contributed by atoms with Gasteiger partial charge in [0.1, 0.15) is 0 Å². The van der Waals surface area contributed by atoms with Gasteiger partial charge < -0.3 is 9.79 Å². The summed E-state index contributed by atoms with van der Waals surface area (Å²) in [6, 6.07) is 13.2. The van der Waals surface area contributed by atoms with Gasteiger partial charge in [-0.15, -0.1) is 11.8 Å². The van der Waals surface area contributed by atoms with Gasteiger partial charge in [-0.25, -0.2) is 4.39 Å². The number of hydrogen-bond donors (Lipinski definition) is 2. The average Bonchev–Trinajstić information content (AvgIpc) is 2.46. The van der Waals surface area contributed by atoms with Gasteiger partial charge in [-0.05, 0) is 35.9 Å². The fourth-order valence-corrected chi connectivity index (χ4v) is 4.06. The molecule has 0 saturated heterocycles. The first-order chi connectivity index (χ1) is 9.97. The summed E-state index contributed by atoms with van der Waals surface area (Å²) in [6.07, 6.45) is 0. The van der Waals surface area contributed by atoms with Gasteiger partial charge in [0.15, 0.2) is 5.91 Å². The van der Waals surface area contributed by atoms with Crippen LogP contribution in [-0.4, -0.2) is 9.79 Å². The van der Waals surface area contributed by atoms with Crippen molar-refractivity contribution >= 4 is 52.0 Å². The quantitative estimate of drug-likeness (QED) is 0.446. The second-order valence-corrected chi connectivity index (χ2v) is 8.17. The molecule has 0 aromatic heterocycles. The van der Waals surface area contributed by atoms with E-state index >= 15 is 0 Å². The van der Waals surface area contributed by atoms with Crippen LogP contribution in [0.1, 0.15) is 17.0 Å². The van der Waals surface area contributed by atoms with Crippen molar-refractivity contribution in [3.63, 3.8) is 0 Å². The summed E-state index contributed by atoms with van der Waals surface area (Å²) in [5.41, 5.74) is 1.30. The monoisotopic (exact) mass is 452 g/mol. The Morgan fingerprint density at radius 3 is 2.33 bits per heavy atom. The maximum Gasteiger partial charge on any atom is 0.206 e. The lowest BCUT2D eigenvalue weighted by Gasteiger charge is -2.12. The van der Waals surface area contributed by atoms with Gasteiger partial charge in [0.05, 0.1) is 0 Å². The third-order valence-corrected chi connectivity index (χ3v) is 5.73. The molecular weight excluding hydrogens is 442 g/mol. The molecular formula is C14H12Br2FO2PS. The van der Waals surface area contributed by atoms with Crippen LogP contribution in [0.3, 0.4) is 0 Å². The Morgan fingerprint density at radius 1 is 1.10 bits per heavy atom. The zero-order valence-corrected chi connectivity index (χ0v) is 15.6. The molecule has 0 aliphatic carbocycles. The van der Waals surface area contributed by atoms with E-state index in [0.29, 0.717) is 4.47 Å². The third-order valence-electron chi connectivity index (χ3n) is 2.74. The van der Waals surface area contributed by atoms with Crippen LogP contribution in [0.25, 0.3) is 0 Å². The maximum atomic E-state index is 13.6. The first kappa shape index (κ1) is 17.4. The zero-order valence-electron chi connectivity index (χ0n) is 10.7. The molecule has 0 radical (unpaired) electrons. The Bertz CT molecular complexity index is 610. The van der Waals surface area contributed by atoms with Crippen molar-refractivity contribution in [2.45, 2.75) is 16.6 Å². The summed E-state index contributed by atoms with van der Waals surface area (Å²) < 4.78 is 15.2. The Hall–Kier alpha value is 0.0300. The molecule has 0 bridgehead atoms. The van der Waals surface area contributed by atoms with E-state index in [1.807, 2.05) is 30.3 Å². The Kier molecular flexibility index (Phi) is 6.66. The van der Waals surface area contributed by atoms with Crippen molar-refractivity contribution in [1.82, 2.24) is 0 Å². The van der Waals surface area contributed by atoms with Crippen LogP contribution in [0, 0.1) is 0 Å². The summed E-state index contributed by atoms with van der Waals surface area (Å²) in [4.78, 5) is 19.1. The Morgan fingerprint density at radius 2 is 1.76 bits per heavy atom. The van der Waals surface area contributed by atoms with E-state index in [1.165, 1.54) is 0 Å². The molecule has 0 aliphatic heterocycles. The lowest BCUT2D eigenvalue weighted by molar-refractivity contribution is 0.372. The predicted molar refractivity (Wildman–Crippen MR) is 93.1 cm³/mol. The lowest BCUT2D eigenvalue weighted by Crippen LogP contribution is -1.92. The number of rotatable bonds is 5. The standard InChI is InChI=1S/C14H12Br2FO2PS/c15-10-2-4-11(5-3-10)21-8-9-1-6-12(13(16)7-9)14(17)20(18)19/h1-7,14,18-19H,8H2. The normalized spacial score (nSPS) is 12.7. The van der Waals surface area contributed by atoms with Crippen molar-refractivity contribution in [3.05, 3.63) is 62.5 Å². The fourth-order valence-electron chi connectivity index (χ4n) is 1.68. The highest BCUT2D eigenvalue weighted by molar-refractivity contribution is 9.10. The van der Waals surface area contributed by atoms with Gasteiger partial charge in [0, 0.05) is 25.2 Å². The third kappa shape index (κ3) is 5.02. The highest BCUT2D eigenvalue weighted by Gasteiger charge is 2.21. The van der Waals surface area contributed by atoms with E-state index in [2.05, 4.69) is 31.9 Å². The van der Waals surface area contributed by atoms with Crippen LogP contribution in [0.15, 0.2) is 56.3 Å². The highest BCUT2D eigenvalue weighted by atomic mass is 79.9. The minimum Gasteiger partial charge on any atom is -0.348 e. The van der Waals surface area contributed by atoms with Crippen molar-refractivity contribution < 1.29 is 14.2 Å². The molecule has 2 aromatic rings. The largest absolute Gasteiger partial charge is 0.348 e. The highest BCUT2D eigenvalue weighted by Crippen LogP contribution is 2.47. The molecule has 2 aromatic carbocycles. The molecule has 1 atom stereocenters. The molecule has 0 fully saturated rings. The predicted octanol–water partition coefficient (Wildman–Crippen LogP) is 5.77. The van der Waals surface area contributed by atoms with Crippen LogP contribution in [0.5, 0.6) is 0 Å². The SMILES string of the molecule is OP(O)C(F)c1ccc(CSc2ccc(Br)cc2)cc1Br. The van der Waals surface area contributed by atoms with Crippen LogP contribution in [0.4, 0.5) is 4.39 Å². The van der Waals surface area contributed by atoms with Gasteiger partial charge in [0.25, 0.3) is 0 Å². The van der Waals surface area contributed by atoms with E-state index in [4.69, 9.17) is 9.79 Å². The summed E-state index contributed by atoms with van der Waals surface area (Å²) in [5, 5.41) is 0. The van der Waals surface area contributed by atoms with Gasteiger partial charge in [-0.2, -0.15) is 0 Å². The van der Waals surface area contributed by atoms with E-state index in [0.717, 1.165) is 20.7 Å². The number of halogens is 3. The maximum absolute atomic E-state index is 13.6. The molecule has 112 valence electrons. The fraction of sp³-hybridized carbons (Fsp3) is 0.143. The molecule has 2 nitrogen and oxygen atoms in total. The van der Waals surface area contributed by atoms with Gasteiger partial charge in [-0.1, -0.05) is 44.0 Å². The Labute approximate surface area is 145 Å². The zero-order chi connectivity index (χ0) is 15.4. The molecule has 7 heteroatoms. The number of alkyl halides is 1. The van der Waals surface area contributed by atoms with Crippen LogP contribution >= 0.6 is 52.0 Å². The van der Waals surface area contributed by atoms with E-state index < -0.39 is 14.3 Å². The van der Waals surface area contributed by atoms with E-state index in [-0.39, 0.29) is 5.56 Å². The Balaban J connectivity index is 2.05. The van der Waals surface area contributed by atoms with Gasteiger partial charge in [-0.3, -0.25) is 0 Å².